The Bertz CT molecular complexity index is 2830. The molecule has 0 saturated carbocycles. The number of nitrogens with zero attached hydrogens (tertiary/aromatic N) is 4. The van der Waals surface area contributed by atoms with E-state index in [1.165, 1.54) is 0 Å². The normalized spacial score (nSPS) is 11.3. The zero-order valence-electron chi connectivity index (χ0n) is 29.2. The van der Waals surface area contributed by atoms with Crippen molar-refractivity contribution in [2.24, 2.45) is 0 Å². The number of hydrogen-bond donors (Lipinski definition) is 0. The third-order valence-corrected chi connectivity index (χ3v) is 9.88. The van der Waals surface area contributed by atoms with Crippen LogP contribution in [0.2, 0.25) is 0 Å². The second-order valence-electron chi connectivity index (χ2n) is 13.3. The predicted molar refractivity (Wildman–Crippen MR) is 221 cm³/mol. The number of para-hydroxylation sites is 2. The van der Waals surface area contributed by atoms with Gasteiger partial charge in [-0.15, -0.1) is 0 Å². The second-order valence-corrected chi connectivity index (χ2v) is 13.3. The van der Waals surface area contributed by atoms with Crippen molar-refractivity contribution in [1.29, 1.82) is 0 Å². The average Bonchev–Trinajstić information content (AvgIpc) is 3.63. The van der Waals surface area contributed by atoms with E-state index in [1.807, 2.05) is 72.8 Å². The lowest BCUT2D eigenvalue weighted by Crippen LogP contribution is -2.09. The molecule has 5 heteroatoms. The quantitative estimate of drug-likeness (QED) is 0.166. The first-order chi connectivity index (χ1) is 26.8. The van der Waals surface area contributed by atoms with Crippen LogP contribution in [0.5, 0.6) is 0 Å². The highest BCUT2D eigenvalue weighted by Gasteiger charge is 2.20. The van der Waals surface area contributed by atoms with E-state index in [0.717, 1.165) is 77.6 Å². The zero-order chi connectivity index (χ0) is 35.8. The summed E-state index contributed by atoms with van der Waals surface area (Å²) in [6.07, 6.45) is 0. The van der Waals surface area contributed by atoms with E-state index >= 15 is 0 Å². The van der Waals surface area contributed by atoms with Crippen molar-refractivity contribution in [2.75, 3.05) is 4.90 Å². The fourth-order valence-electron chi connectivity index (χ4n) is 7.32. The van der Waals surface area contributed by atoms with Gasteiger partial charge < -0.3 is 9.32 Å². The van der Waals surface area contributed by atoms with Gasteiger partial charge in [-0.05, 0) is 71.1 Å². The van der Waals surface area contributed by atoms with Crippen LogP contribution in [-0.2, 0) is 0 Å². The summed E-state index contributed by atoms with van der Waals surface area (Å²) in [5.41, 5.74) is 9.94. The molecule has 10 aromatic rings. The molecule has 0 unspecified atom stereocenters. The molecule has 0 radical (unpaired) electrons. The summed E-state index contributed by atoms with van der Waals surface area (Å²) in [4.78, 5) is 17.4. The summed E-state index contributed by atoms with van der Waals surface area (Å²) < 4.78 is 6.65. The van der Waals surface area contributed by atoms with Crippen LogP contribution in [0.15, 0.2) is 199 Å². The molecule has 0 aliphatic carbocycles. The number of benzene rings is 8. The zero-order valence-corrected chi connectivity index (χ0v) is 29.2. The standard InChI is InChI=1S/C49H32N4O/c1-5-16-33(17-6-1)47-50-48(34-18-7-2-8-19-34)52-49(51-47)44-32-43-42-31-36(28-29-45(42)54-46(43)41-27-14-13-26-40(41)44)35-20-15-25-39(30-35)53(37-21-9-3-10-22-37)38-23-11-4-12-24-38/h1-32H. The monoisotopic (exact) mass is 692 g/mol. The van der Waals surface area contributed by atoms with Gasteiger partial charge >= 0.3 is 0 Å². The van der Waals surface area contributed by atoms with Crippen LogP contribution in [0.4, 0.5) is 17.1 Å². The van der Waals surface area contributed by atoms with Crippen molar-refractivity contribution >= 4 is 49.8 Å². The third-order valence-electron chi connectivity index (χ3n) is 9.88. The van der Waals surface area contributed by atoms with Crippen molar-refractivity contribution < 1.29 is 4.42 Å². The summed E-state index contributed by atoms with van der Waals surface area (Å²) >= 11 is 0. The number of hydrogen-bond acceptors (Lipinski definition) is 5. The number of fused-ring (bicyclic) bond motifs is 5. The van der Waals surface area contributed by atoms with Gasteiger partial charge in [0.1, 0.15) is 11.2 Å². The molecule has 0 N–H and O–H groups in total. The lowest BCUT2D eigenvalue weighted by Gasteiger charge is -2.25. The first-order valence-corrected chi connectivity index (χ1v) is 18.0. The van der Waals surface area contributed by atoms with Gasteiger partial charge in [0.2, 0.25) is 0 Å². The minimum Gasteiger partial charge on any atom is -0.455 e. The highest BCUT2D eigenvalue weighted by molar-refractivity contribution is 6.19. The van der Waals surface area contributed by atoms with Gasteiger partial charge in [-0.25, -0.2) is 15.0 Å². The van der Waals surface area contributed by atoms with Gasteiger partial charge in [-0.2, -0.15) is 0 Å². The van der Waals surface area contributed by atoms with Crippen LogP contribution in [-0.4, -0.2) is 15.0 Å². The van der Waals surface area contributed by atoms with Crippen molar-refractivity contribution in [3.63, 3.8) is 0 Å². The van der Waals surface area contributed by atoms with E-state index in [1.54, 1.807) is 0 Å². The average molecular weight is 693 g/mol. The molecule has 2 heterocycles. The Hall–Kier alpha value is -7.37. The molecule has 54 heavy (non-hydrogen) atoms. The lowest BCUT2D eigenvalue weighted by atomic mass is 9.98. The topological polar surface area (TPSA) is 55.1 Å². The second kappa shape index (κ2) is 13.3. The van der Waals surface area contributed by atoms with E-state index in [4.69, 9.17) is 19.4 Å². The largest absolute Gasteiger partial charge is 0.455 e. The molecule has 10 rings (SSSR count). The number of aromatic nitrogens is 3. The molecular weight excluding hydrogens is 661 g/mol. The van der Waals surface area contributed by atoms with Crippen LogP contribution in [0, 0.1) is 0 Å². The molecule has 0 amide bonds. The molecule has 0 saturated heterocycles. The summed E-state index contributed by atoms with van der Waals surface area (Å²) in [6.45, 7) is 0. The summed E-state index contributed by atoms with van der Waals surface area (Å²) in [5.74, 6) is 1.87. The summed E-state index contributed by atoms with van der Waals surface area (Å²) in [6, 6.07) is 66.9. The van der Waals surface area contributed by atoms with Gasteiger partial charge in [-0.3, -0.25) is 0 Å². The highest BCUT2D eigenvalue weighted by Crippen LogP contribution is 2.42. The van der Waals surface area contributed by atoms with E-state index < -0.39 is 0 Å². The van der Waals surface area contributed by atoms with Gasteiger partial charge in [0.25, 0.3) is 0 Å². The smallest absolute Gasteiger partial charge is 0.164 e. The molecule has 8 aromatic carbocycles. The Morgan fingerprint density at radius 3 is 1.46 bits per heavy atom. The van der Waals surface area contributed by atoms with Gasteiger partial charge in [0.05, 0.1) is 0 Å². The fraction of sp³-hybridized carbons (Fsp3) is 0. The van der Waals surface area contributed by atoms with Crippen molar-refractivity contribution in [3.8, 4) is 45.3 Å². The Morgan fingerprint density at radius 1 is 0.333 bits per heavy atom. The van der Waals surface area contributed by atoms with E-state index in [0.29, 0.717) is 17.5 Å². The molecule has 0 atom stereocenters. The van der Waals surface area contributed by atoms with Crippen LogP contribution in [0.25, 0.3) is 78.0 Å². The van der Waals surface area contributed by atoms with Crippen molar-refractivity contribution in [2.45, 2.75) is 0 Å². The molecule has 0 fully saturated rings. The van der Waals surface area contributed by atoms with Gasteiger partial charge in [0.15, 0.2) is 17.5 Å². The van der Waals surface area contributed by atoms with Gasteiger partial charge in [-0.1, -0.05) is 140 Å². The van der Waals surface area contributed by atoms with Crippen LogP contribution in [0.1, 0.15) is 0 Å². The van der Waals surface area contributed by atoms with E-state index in [9.17, 15) is 0 Å². The maximum Gasteiger partial charge on any atom is 0.164 e. The third kappa shape index (κ3) is 5.65. The van der Waals surface area contributed by atoms with E-state index in [2.05, 4.69) is 126 Å². The predicted octanol–water partition coefficient (Wildman–Crippen LogP) is 13.1. The molecule has 0 spiro atoms. The maximum atomic E-state index is 6.65. The minimum atomic E-state index is 0.612. The Kier molecular flexibility index (Phi) is 7.73. The van der Waals surface area contributed by atoms with Crippen LogP contribution < -0.4 is 4.90 Å². The Morgan fingerprint density at radius 2 is 0.833 bits per heavy atom. The Labute approximate surface area is 312 Å². The molecule has 254 valence electrons. The first-order valence-electron chi connectivity index (χ1n) is 18.0. The summed E-state index contributed by atoms with van der Waals surface area (Å²) in [7, 11) is 0. The highest BCUT2D eigenvalue weighted by atomic mass is 16.3. The van der Waals surface area contributed by atoms with E-state index in [-0.39, 0.29) is 0 Å². The molecule has 0 aliphatic rings. The number of rotatable bonds is 7. The van der Waals surface area contributed by atoms with Crippen molar-refractivity contribution in [1.82, 2.24) is 15.0 Å². The summed E-state index contributed by atoms with van der Waals surface area (Å²) in [5, 5.41) is 4.07. The lowest BCUT2D eigenvalue weighted by molar-refractivity contribution is 0.673. The molecule has 0 bridgehead atoms. The number of anilines is 3. The fourth-order valence-corrected chi connectivity index (χ4v) is 7.32. The van der Waals surface area contributed by atoms with Crippen LogP contribution in [0.3, 0.4) is 0 Å². The SMILES string of the molecule is c1ccc(-c2nc(-c3ccccc3)nc(-c3cc4c5cc(-c6cccc(N(c7ccccc7)c7ccccc7)c6)ccc5oc4c4ccccc34)n2)cc1. The maximum absolute atomic E-state index is 6.65. The first kappa shape index (κ1) is 31.4. The molecule has 2 aromatic heterocycles. The van der Waals surface area contributed by atoms with Crippen LogP contribution >= 0.6 is 0 Å². The van der Waals surface area contributed by atoms with Gasteiger partial charge in [0, 0.05) is 49.9 Å². The van der Waals surface area contributed by atoms with Crippen molar-refractivity contribution in [3.05, 3.63) is 194 Å². The molecular formula is C49H32N4O. The Balaban J connectivity index is 1.15. The number of furan rings is 1. The molecule has 5 nitrogen and oxygen atoms in total. The molecule has 0 aliphatic heterocycles. The minimum absolute atomic E-state index is 0.612.